The van der Waals surface area contributed by atoms with Crippen molar-refractivity contribution in [1.29, 1.82) is 0 Å². The van der Waals surface area contributed by atoms with Crippen LogP contribution in [-0.2, 0) is 16.1 Å². The van der Waals surface area contributed by atoms with Crippen molar-refractivity contribution in [3.63, 3.8) is 0 Å². The molecule has 3 rings (SSSR count). The maximum absolute atomic E-state index is 13.7. The number of nitrogens with one attached hydrogen (secondary N) is 1. The number of amides is 1. The molecule has 1 N–H and O–H groups in total. The molecule has 2 aromatic carbocycles. The van der Waals surface area contributed by atoms with Gasteiger partial charge in [0.25, 0.3) is 5.69 Å². The highest BCUT2D eigenvalue weighted by atomic mass is 35.5. The lowest BCUT2D eigenvalue weighted by atomic mass is 10.1. The fourth-order valence-electron chi connectivity index (χ4n) is 2.39. The smallest absolute Gasteiger partial charge is 0.270 e. The van der Waals surface area contributed by atoms with Gasteiger partial charge in [-0.2, -0.15) is 0 Å². The van der Waals surface area contributed by atoms with E-state index in [4.69, 9.17) is 21.1 Å². The molecule has 0 radical (unpaired) electrons. The summed E-state index contributed by atoms with van der Waals surface area (Å²) < 4.78 is 24.2. The van der Waals surface area contributed by atoms with Gasteiger partial charge in [0.2, 0.25) is 5.91 Å². The summed E-state index contributed by atoms with van der Waals surface area (Å²) in [6, 6.07) is 6.49. The fourth-order valence-corrected chi connectivity index (χ4v) is 2.55. The highest BCUT2D eigenvalue weighted by molar-refractivity contribution is 6.30. The van der Waals surface area contributed by atoms with E-state index in [1.54, 1.807) is 0 Å². The molecule has 0 saturated heterocycles. The van der Waals surface area contributed by atoms with Gasteiger partial charge in [-0.05, 0) is 24.3 Å². The van der Waals surface area contributed by atoms with E-state index in [0.717, 1.165) is 12.1 Å². The molecule has 1 heterocycles. The van der Waals surface area contributed by atoms with Gasteiger partial charge in [-0.3, -0.25) is 14.9 Å². The number of hydrogen-bond donors (Lipinski definition) is 1. The molecule has 9 heteroatoms. The molecule has 0 aromatic heterocycles. The molecule has 7 nitrogen and oxygen atoms in total. The second-order valence-electron chi connectivity index (χ2n) is 5.34. The number of carbonyl (C=O) groups excluding carboxylic acids is 1. The Bertz CT molecular complexity index is 916. The van der Waals surface area contributed by atoms with Crippen LogP contribution in [-0.4, -0.2) is 17.6 Å². The number of nitro groups is 1. The summed E-state index contributed by atoms with van der Waals surface area (Å²) in [7, 11) is 0. The minimum atomic E-state index is -0.674. The lowest BCUT2D eigenvalue weighted by Gasteiger charge is -2.19. The van der Waals surface area contributed by atoms with Crippen LogP contribution >= 0.6 is 11.6 Å². The maximum Gasteiger partial charge on any atom is 0.270 e. The Morgan fingerprint density at radius 2 is 2.15 bits per heavy atom. The van der Waals surface area contributed by atoms with Gasteiger partial charge in [0, 0.05) is 34.4 Å². The van der Waals surface area contributed by atoms with Crippen LogP contribution in [0.4, 0.5) is 15.8 Å². The lowest BCUT2D eigenvalue weighted by molar-refractivity contribution is -0.385. The normalized spacial score (nSPS) is 13.2. The summed E-state index contributed by atoms with van der Waals surface area (Å²) in [5.74, 6) is -0.880. The van der Waals surface area contributed by atoms with Crippen LogP contribution in [0.2, 0.25) is 5.02 Å². The topological polar surface area (TPSA) is 90.7 Å². The molecule has 2 aromatic rings. The molecule has 1 aliphatic heterocycles. The fraction of sp³-hybridized carbons (Fsp3) is 0.118. The van der Waals surface area contributed by atoms with E-state index >= 15 is 0 Å². The largest absolute Gasteiger partial charge is 0.467 e. The number of non-ortho nitro benzene ring substituents is 1. The first-order valence-electron chi connectivity index (χ1n) is 7.40. The molecule has 26 heavy (non-hydrogen) atoms. The van der Waals surface area contributed by atoms with Gasteiger partial charge >= 0.3 is 0 Å². The number of nitrogens with zero attached hydrogens (tertiary/aromatic N) is 1. The summed E-state index contributed by atoms with van der Waals surface area (Å²) in [6.45, 7) is 0.174. The molecular weight excluding hydrogens is 367 g/mol. The third-order valence-corrected chi connectivity index (χ3v) is 3.77. The zero-order valence-corrected chi connectivity index (χ0v) is 14.0. The summed E-state index contributed by atoms with van der Waals surface area (Å²) in [6.07, 6.45) is 2.49. The highest BCUT2D eigenvalue weighted by Gasteiger charge is 2.19. The van der Waals surface area contributed by atoms with Crippen molar-refractivity contribution in [2.75, 3.05) is 12.1 Å². The molecular formula is C17H12ClFN2O5. The van der Waals surface area contributed by atoms with Crippen molar-refractivity contribution in [3.05, 3.63) is 68.5 Å². The first kappa shape index (κ1) is 17.8. The number of hydrogen-bond acceptors (Lipinski definition) is 5. The van der Waals surface area contributed by atoms with Crippen molar-refractivity contribution in [3.8, 4) is 5.75 Å². The van der Waals surface area contributed by atoms with Crippen LogP contribution in [0.1, 0.15) is 11.1 Å². The van der Waals surface area contributed by atoms with Crippen LogP contribution in [0.25, 0.3) is 6.08 Å². The minimum absolute atomic E-state index is 0.00777. The average Bonchev–Trinajstić information content (AvgIpc) is 2.61. The number of ether oxygens (including phenoxy) is 2. The number of nitro benzene ring substituents is 1. The minimum Gasteiger partial charge on any atom is -0.467 e. The van der Waals surface area contributed by atoms with Gasteiger partial charge < -0.3 is 14.8 Å². The molecule has 1 amide bonds. The summed E-state index contributed by atoms with van der Waals surface area (Å²) in [5.41, 5.74) is 0.676. The molecule has 0 unspecified atom stereocenters. The molecule has 134 valence electrons. The van der Waals surface area contributed by atoms with E-state index in [1.165, 1.54) is 30.3 Å². The number of anilines is 1. The summed E-state index contributed by atoms with van der Waals surface area (Å²) in [4.78, 5) is 22.5. The zero-order chi connectivity index (χ0) is 18.7. The predicted octanol–water partition coefficient (Wildman–Crippen LogP) is 3.91. The van der Waals surface area contributed by atoms with E-state index in [1.807, 2.05) is 0 Å². The summed E-state index contributed by atoms with van der Waals surface area (Å²) >= 11 is 5.66. The van der Waals surface area contributed by atoms with Gasteiger partial charge in [0.05, 0.1) is 17.2 Å². The number of halogens is 2. The Morgan fingerprint density at radius 3 is 2.88 bits per heavy atom. The Morgan fingerprint density at radius 1 is 1.35 bits per heavy atom. The van der Waals surface area contributed by atoms with E-state index in [0.29, 0.717) is 16.9 Å². The third kappa shape index (κ3) is 3.98. The molecule has 0 saturated carbocycles. The van der Waals surface area contributed by atoms with Crippen LogP contribution in [0.3, 0.4) is 0 Å². The standard InChI is InChI=1S/C17H12ClFN2O5/c18-12-2-3-15(14(19)7-12)20-16(22)4-1-10-5-13(21(23)24)6-11-8-25-9-26-17(10)11/h1-7H,8-9H2,(H,20,22)/b4-1+. The second-order valence-corrected chi connectivity index (χ2v) is 5.77. The Labute approximate surface area is 152 Å². The van der Waals surface area contributed by atoms with Crippen molar-refractivity contribution in [2.24, 2.45) is 0 Å². The molecule has 0 aliphatic carbocycles. The first-order chi connectivity index (χ1) is 12.4. The van der Waals surface area contributed by atoms with Crippen molar-refractivity contribution >= 4 is 35.0 Å². The summed E-state index contributed by atoms with van der Waals surface area (Å²) in [5, 5.41) is 13.6. The van der Waals surface area contributed by atoms with Crippen molar-refractivity contribution < 1.29 is 23.6 Å². The third-order valence-electron chi connectivity index (χ3n) is 3.54. The van der Waals surface area contributed by atoms with Crippen LogP contribution < -0.4 is 10.1 Å². The Kier molecular flexibility index (Phi) is 5.15. The van der Waals surface area contributed by atoms with Gasteiger partial charge in [0.15, 0.2) is 6.79 Å². The van der Waals surface area contributed by atoms with Gasteiger partial charge in [0.1, 0.15) is 11.6 Å². The molecule has 0 spiro atoms. The Hall–Kier alpha value is -2.97. The quantitative estimate of drug-likeness (QED) is 0.495. The highest BCUT2D eigenvalue weighted by Crippen LogP contribution is 2.33. The average molecular weight is 379 g/mol. The van der Waals surface area contributed by atoms with E-state index < -0.39 is 16.6 Å². The first-order valence-corrected chi connectivity index (χ1v) is 7.78. The SMILES string of the molecule is O=C(/C=C/c1cc([N+](=O)[O-])cc2c1OCOC2)Nc1ccc(Cl)cc1F. The van der Waals surface area contributed by atoms with Gasteiger partial charge in [-0.25, -0.2) is 4.39 Å². The number of carbonyl (C=O) groups is 1. The zero-order valence-electron chi connectivity index (χ0n) is 13.2. The van der Waals surface area contributed by atoms with Gasteiger partial charge in [-0.15, -0.1) is 0 Å². The van der Waals surface area contributed by atoms with Crippen LogP contribution in [0, 0.1) is 15.9 Å². The number of rotatable bonds is 4. The molecule has 1 aliphatic rings. The van der Waals surface area contributed by atoms with Gasteiger partial charge in [-0.1, -0.05) is 11.6 Å². The second kappa shape index (κ2) is 7.51. The number of benzene rings is 2. The van der Waals surface area contributed by atoms with Crippen LogP contribution in [0.5, 0.6) is 5.75 Å². The molecule has 0 atom stereocenters. The van der Waals surface area contributed by atoms with E-state index in [-0.39, 0.29) is 29.8 Å². The Balaban J connectivity index is 1.84. The van der Waals surface area contributed by atoms with E-state index in [2.05, 4.69) is 5.32 Å². The molecule has 0 fully saturated rings. The molecule has 0 bridgehead atoms. The monoisotopic (exact) mass is 378 g/mol. The van der Waals surface area contributed by atoms with Crippen LogP contribution in [0.15, 0.2) is 36.4 Å². The van der Waals surface area contributed by atoms with Crippen molar-refractivity contribution in [1.82, 2.24) is 0 Å². The number of fused-ring (bicyclic) bond motifs is 1. The van der Waals surface area contributed by atoms with Crippen molar-refractivity contribution in [2.45, 2.75) is 6.61 Å². The predicted molar refractivity (Wildman–Crippen MR) is 92.5 cm³/mol. The van der Waals surface area contributed by atoms with E-state index in [9.17, 15) is 19.3 Å². The lowest BCUT2D eigenvalue weighted by Crippen LogP contribution is -2.13. The maximum atomic E-state index is 13.7.